The monoisotopic (exact) mass is 439 g/mol. The van der Waals surface area contributed by atoms with Gasteiger partial charge in [-0.2, -0.15) is 5.10 Å². The quantitative estimate of drug-likeness (QED) is 0.545. The van der Waals surface area contributed by atoms with Crippen molar-refractivity contribution in [1.82, 2.24) is 30.0 Å². The maximum absolute atomic E-state index is 12.5. The lowest BCUT2D eigenvalue weighted by Crippen LogP contribution is -2.38. The van der Waals surface area contributed by atoms with Crippen molar-refractivity contribution in [3.8, 4) is 17.4 Å². The van der Waals surface area contributed by atoms with E-state index >= 15 is 0 Å². The zero-order chi connectivity index (χ0) is 22.5. The van der Waals surface area contributed by atoms with E-state index in [1.165, 1.54) is 0 Å². The summed E-state index contributed by atoms with van der Waals surface area (Å²) >= 11 is 0. The summed E-state index contributed by atoms with van der Waals surface area (Å²) in [6.45, 7) is 10.7. The second kappa shape index (κ2) is 9.92. The molecule has 1 aliphatic rings. The van der Waals surface area contributed by atoms with Crippen LogP contribution in [0.2, 0.25) is 0 Å². The molecule has 0 spiro atoms. The number of anilines is 1. The Morgan fingerprint density at radius 2 is 1.94 bits per heavy atom. The Morgan fingerprint density at radius 3 is 2.62 bits per heavy atom. The van der Waals surface area contributed by atoms with Crippen LogP contribution in [0.5, 0.6) is 0 Å². The molecule has 2 amide bonds. The molecule has 3 aromatic heterocycles. The van der Waals surface area contributed by atoms with Crippen LogP contribution >= 0.6 is 0 Å². The molecule has 0 bridgehead atoms. The fraction of sp³-hybridized carbons (Fsp3) is 0.455. The van der Waals surface area contributed by atoms with Gasteiger partial charge in [0.1, 0.15) is 11.6 Å². The number of ether oxygens (including phenoxy) is 1. The Bertz CT molecular complexity index is 1070. The second-order valence-corrected chi connectivity index (χ2v) is 7.87. The van der Waals surface area contributed by atoms with E-state index in [4.69, 9.17) is 9.15 Å². The van der Waals surface area contributed by atoms with E-state index in [2.05, 4.69) is 30.6 Å². The Hall–Kier alpha value is -3.24. The maximum Gasteiger partial charge on any atom is 0.320 e. The van der Waals surface area contributed by atoms with E-state index in [1.807, 2.05) is 39.0 Å². The molecule has 2 N–H and O–H groups in total. The molecule has 170 valence electrons. The number of aromatic nitrogens is 4. The van der Waals surface area contributed by atoms with Crippen molar-refractivity contribution in [3.63, 3.8) is 0 Å². The minimum atomic E-state index is -0.313. The van der Waals surface area contributed by atoms with Gasteiger partial charge in [-0.25, -0.2) is 19.4 Å². The van der Waals surface area contributed by atoms with E-state index in [-0.39, 0.29) is 6.03 Å². The number of urea groups is 1. The first-order valence-electron chi connectivity index (χ1n) is 10.8. The molecule has 0 saturated carbocycles. The van der Waals surface area contributed by atoms with Crippen LogP contribution in [0.15, 0.2) is 28.7 Å². The van der Waals surface area contributed by atoms with Crippen LogP contribution in [-0.2, 0) is 4.74 Å². The third kappa shape index (κ3) is 5.51. The van der Waals surface area contributed by atoms with E-state index in [9.17, 15) is 4.79 Å². The Kier molecular flexibility index (Phi) is 6.81. The molecule has 1 aliphatic heterocycles. The summed E-state index contributed by atoms with van der Waals surface area (Å²) in [6, 6.07) is 7.01. The molecule has 10 nitrogen and oxygen atoms in total. The van der Waals surface area contributed by atoms with Gasteiger partial charge in [0.05, 0.1) is 18.9 Å². The molecule has 3 aromatic rings. The number of morpholine rings is 1. The van der Waals surface area contributed by atoms with Gasteiger partial charge in [-0.3, -0.25) is 10.2 Å². The van der Waals surface area contributed by atoms with Crippen molar-refractivity contribution in [2.75, 3.05) is 44.7 Å². The van der Waals surface area contributed by atoms with Gasteiger partial charge in [-0.05, 0) is 51.9 Å². The SMILES string of the molecule is Cc1cc(C)n(-c2cc(NC(=O)NCCCN3CCOCC3)nc(-c3ccc(C)o3)n2)n1. The highest BCUT2D eigenvalue weighted by Gasteiger charge is 2.15. The van der Waals surface area contributed by atoms with E-state index in [0.717, 1.165) is 56.4 Å². The topological polar surface area (TPSA) is 110 Å². The zero-order valence-corrected chi connectivity index (χ0v) is 18.7. The predicted octanol–water partition coefficient (Wildman–Crippen LogP) is 2.69. The molecular weight excluding hydrogens is 410 g/mol. The van der Waals surface area contributed by atoms with E-state index in [1.54, 1.807) is 10.7 Å². The van der Waals surface area contributed by atoms with Crippen molar-refractivity contribution >= 4 is 11.8 Å². The van der Waals surface area contributed by atoms with Gasteiger partial charge < -0.3 is 14.5 Å². The van der Waals surface area contributed by atoms with Crippen LogP contribution in [0, 0.1) is 20.8 Å². The van der Waals surface area contributed by atoms with Crippen molar-refractivity contribution in [3.05, 3.63) is 41.4 Å². The number of rotatable bonds is 7. The van der Waals surface area contributed by atoms with Gasteiger partial charge in [-0.15, -0.1) is 0 Å². The smallest absolute Gasteiger partial charge is 0.320 e. The van der Waals surface area contributed by atoms with Crippen molar-refractivity contribution in [2.45, 2.75) is 27.2 Å². The second-order valence-electron chi connectivity index (χ2n) is 7.87. The Balaban J connectivity index is 1.45. The van der Waals surface area contributed by atoms with Crippen molar-refractivity contribution in [2.24, 2.45) is 0 Å². The fourth-order valence-corrected chi connectivity index (χ4v) is 3.62. The average molecular weight is 440 g/mol. The lowest BCUT2D eigenvalue weighted by molar-refractivity contribution is 0.0375. The first-order valence-corrected chi connectivity index (χ1v) is 10.8. The number of aryl methyl sites for hydroxylation is 3. The molecule has 32 heavy (non-hydrogen) atoms. The summed E-state index contributed by atoms with van der Waals surface area (Å²) < 4.78 is 12.8. The summed E-state index contributed by atoms with van der Waals surface area (Å²) in [6.07, 6.45) is 0.866. The number of nitrogens with one attached hydrogen (secondary N) is 2. The van der Waals surface area contributed by atoms with Crippen LogP contribution < -0.4 is 10.6 Å². The summed E-state index contributed by atoms with van der Waals surface area (Å²) in [4.78, 5) is 23.9. The van der Waals surface area contributed by atoms with Crippen LogP contribution in [-0.4, -0.2) is 70.1 Å². The number of carbonyl (C=O) groups is 1. The molecule has 0 radical (unpaired) electrons. The Morgan fingerprint density at radius 1 is 1.12 bits per heavy atom. The summed E-state index contributed by atoms with van der Waals surface area (Å²) in [5, 5.41) is 10.2. The highest BCUT2D eigenvalue weighted by atomic mass is 16.5. The van der Waals surface area contributed by atoms with Crippen LogP contribution in [0.1, 0.15) is 23.6 Å². The van der Waals surface area contributed by atoms with E-state index in [0.29, 0.717) is 29.8 Å². The van der Waals surface area contributed by atoms with Crippen LogP contribution in [0.3, 0.4) is 0 Å². The van der Waals surface area contributed by atoms with Gasteiger partial charge in [0.25, 0.3) is 0 Å². The first kappa shape index (κ1) is 22.0. The first-order chi connectivity index (χ1) is 15.5. The molecule has 0 atom stereocenters. The number of nitrogens with zero attached hydrogens (tertiary/aromatic N) is 5. The number of furan rings is 1. The Labute approximate surface area is 187 Å². The minimum Gasteiger partial charge on any atom is -0.458 e. The van der Waals surface area contributed by atoms with Gasteiger partial charge in [-0.1, -0.05) is 0 Å². The van der Waals surface area contributed by atoms with Crippen molar-refractivity contribution in [1.29, 1.82) is 0 Å². The molecule has 1 saturated heterocycles. The van der Waals surface area contributed by atoms with Gasteiger partial charge in [0.15, 0.2) is 17.4 Å². The standard InChI is InChI=1S/C22H29N7O3/c1-15-13-16(2)29(27-15)20-14-19(24-21(26-20)18-6-5-17(3)32-18)25-22(30)23-7-4-8-28-9-11-31-12-10-28/h5-6,13-14H,4,7-12H2,1-3H3,(H2,23,24,25,26,30). The highest BCUT2D eigenvalue weighted by Crippen LogP contribution is 2.22. The molecule has 0 unspecified atom stereocenters. The van der Waals surface area contributed by atoms with Gasteiger partial charge in [0.2, 0.25) is 0 Å². The zero-order valence-electron chi connectivity index (χ0n) is 18.7. The molecular formula is C22H29N7O3. The number of amides is 2. The molecule has 1 fully saturated rings. The van der Waals surface area contributed by atoms with Crippen LogP contribution in [0.4, 0.5) is 10.6 Å². The van der Waals surface area contributed by atoms with Gasteiger partial charge >= 0.3 is 6.03 Å². The molecule has 10 heteroatoms. The van der Waals surface area contributed by atoms with E-state index < -0.39 is 0 Å². The largest absolute Gasteiger partial charge is 0.458 e. The van der Waals surface area contributed by atoms with Crippen LogP contribution in [0.25, 0.3) is 17.4 Å². The number of hydrogen-bond acceptors (Lipinski definition) is 7. The molecule has 0 aromatic carbocycles. The van der Waals surface area contributed by atoms with Gasteiger partial charge in [0, 0.05) is 31.4 Å². The molecule has 0 aliphatic carbocycles. The highest BCUT2D eigenvalue weighted by molar-refractivity contribution is 5.88. The average Bonchev–Trinajstić information content (AvgIpc) is 3.36. The lowest BCUT2D eigenvalue weighted by Gasteiger charge is -2.26. The number of hydrogen-bond donors (Lipinski definition) is 2. The minimum absolute atomic E-state index is 0.313. The summed E-state index contributed by atoms with van der Waals surface area (Å²) in [7, 11) is 0. The third-order valence-electron chi connectivity index (χ3n) is 5.18. The normalized spacial score (nSPS) is 14.5. The third-order valence-corrected chi connectivity index (χ3v) is 5.18. The number of carbonyl (C=O) groups excluding carboxylic acids is 1. The lowest BCUT2D eigenvalue weighted by atomic mass is 10.3. The maximum atomic E-state index is 12.5. The molecule has 4 rings (SSSR count). The summed E-state index contributed by atoms with van der Waals surface area (Å²) in [5.41, 5.74) is 1.81. The molecule has 4 heterocycles. The van der Waals surface area contributed by atoms with Crippen molar-refractivity contribution < 1.29 is 13.9 Å². The summed E-state index contributed by atoms with van der Waals surface area (Å²) in [5.74, 6) is 2.59. The predicted molar refractivity (Wildman–Crippen MR) is 120 cm³/mol. The fourth-order valence-electron chi connectivity index (χ4n) is 3.62.